The molecule has 1 N–H and O–H groups in total. The first kappa shape index (κ1) is 25.1. The predicted molar refractivity (Wildman–Crippen MR) is 132 cm³/mol. The monoisotopic (exact) mass is 515 g/mol. The molecule has 34 heavy (non-hydrogen) atoms. The van der Waals surface area contributed by atoms with Gasteiger partial charge in [0.1, 0.15) is 18.2 Å². The number of hydrogen-bond donors (Lipinski definition) is 1. The third kappa shape index (κ3) is 6.27. The standard InChI is InChI=1S/C24H16Cl3N3O4/c1-14-2-7-19(30(32)33)11-22(14)29-24(31)17(12-28)8-16-9-20(26)23(21(27)10-16)34-13-15-3-5-18(25)6-4-15/h2-11H,13H2,1H3,(H,29,31)/b17-8+. The van der Waals surface area contributed by atoms with Crippen molar-refractivity contribution >= 4 is 58.2 Å². The molecule has 0 bridgehead atoms. The average molecular weight is 517 g/mol. The SMILES string of the molecule is Cc1ccc([N+](=O)[O-])cc1NC(=O)/C(C#N)=C/c1cc(Cl)c(OCc2ccc(Cl)cc2)c(Cl)c1. The number of rotatable bonds is 7. The van der Waals surface area contributed by atoms with E-state index in [0.717, 1.165) is 5.56 Å². The number of carbonyl (C=O) groups excluding carboxylic acids is 1. The van der Waals surface area contributed by atoms with Gasteiger partial charge in [0.05, 0.1) is 20.7 Å². The summed E-state index contributed by atoms with van der Waals surface area (Å²) in [5, 5.41) is 24.0. The quantitative estimate of drug-likeness (QED) is 0.158. The zero-order valence-corrected chi connectivity index (χ0v) is 19.9. The highest BCUT2D eigenvalue weighted by molar-refractivity contribution is 6.37. The fourth-order valence-corrected chi connectivity index (χ4v) is 3.64. The molecule has 0 aromatic heterocycles. The van der Waals surface area contributed by atoms with Gasteiger partial charge in [-0.3, -0.25) is 14.9 Å². The molecular formula is C24H16Cl3N3O4. The molecule has 0 spiro atoms. The molecule has 0 atom stereocenters. The maximum atomic E-state index is 12.6. The van der Waals surface area contributed by atoms with E-state index >= 15 is 0 Å². The van der Waals surface area contributed by atoms with Crippen LogP contribution in [0.3, 0.4) is 0 Å². The first-order valence-corrected chi connectivity index (χ1v) is 10.9. The van der Waals surface area contributed by atoms with E-state index in [4.69, 9.17) is 39.5 Å². The molecule has 3 aromatic carbocycles. The second-order valence-electron chi connectivity index (χ2n) is 7.11. The summed E-state index contributed by atoms with van der Waals surface area (Å²) in [7, 11) is 0. The number of aryl methyl sites for hydroxylation is 1. The maximum absolute atomic E-state index is 12.6. The van der Waals surface area contributed by atoms with Gasteiger partial charge in [0.25, 0.3) is 11.6 Å². The van der Waals surface area contributed by atoms with E-state index in [-0.39, 0.29) is 39.3 Å². The highest BCUT2D eigenvalue weighted by Gasteiger charge is 2.16. The Balaban J connectivity index is 1.79. The summed E-state index contributed by atoms with van der Waals surface area (Å²) in [6, 6.07) is 16.0. The minimum Gasteiger partial charge on any atom is -0.486 e. The van der Waals surface area contributed by atoms with Crippen molar-refractivity contribution in [3.63, 3.8) is 0 Å². The van der Waals surface area contributed by atoms with Crippen molar-refractivity contribution in [1.82, 2.24) is 0 Å². The van der Waals surface area contributed by atoms with E-state index in [1.54, 1.807) is 19.1 Å². The predicted octanol–water partition coefficient (Wildman–Crippen LogP) is 6.99. The Labute approximate surface area is 210 Å². The van der Waals surface area contributed by atoms with E-state index in [1.807, 2.05) is 18.2 Å². The van der Waals surface area contributed by atoms with Crippen LogP contribution in [-0.2, 0) is 11.4 Å². The molecule has 0 saturated carbocycles. The molecule has 7 nitrogen and oxygen atoms in total. The highest BCUT2D eigenvalue weighted by atomic mass is 35.5. The van der Waals surface area contributed by atoms with Gasteiger partial charge < -0.3 is 10.1 Å². The van der Waals surface area contributed by atoms with Gasteiger partial charge in [-0.05, 0) is 54.0 Å². The van der Waals surface area contributed by atoms with Crippen molar-refractivity contribution < 1.29 is 14.5 Å². The molecule has 3 rings (SSSR count). The number of nitrogens with zero attached hydrogens (tertiary/aromatic N) is 2. The zero-order chi connectivity index (χ0) is 24.8. The normalized spacial score (nSPS) is 11.0. The third-order valence-corrected chi connectivity index (χ3v) is 5.49. The summed E-state index contributed by atoms with van der Waals surface area (Å²) in [5.41, 5.74) is 1.66. The summed E-state index contributed by atoms with van der Waals surface area (Å²) < 4.78 is 5.72. The summed E-state index contributed by atoms with van der Waals surface area (Å²) in [6.07, 6.45) is 1.31. The smallest absolute Gasteiger partial charge is 0.271 e. The number of halogens is 3. The Bertz CT molecular complexity index is 1310. The van der Waals surface area contributed by atoms with E-state index in [9.17, 15) is 20.2 Å². The minimum atomic E-state index is -0.735. The Morgan fingerprint density at radius 2 is 1.76 bits per heavy atom. The minimum absolute atomic E-state index is 0.184. The molecule has 0 fully saturated rings. The van der Waals surface area contributed by atoms with Gasteiger partial charge in [-0.15, -0.1) is 0 Å². The van der Waals surface area contributed by atoms with Gasteiger partial charge in [-0.1, -0.05) is 53.0 Å². The average Bonchev–Trinajstić information content (AvgIpc) is 2.79. The van der Waals surface area contributed by atoms with Crippen LogP contribution in [0.1, 0.15) is 16.7 Å². The molecule has 1 amide bonds. The molecule has 0 unspecified atom stereocenters. The molecule has 0 saturated heterocycles. The zero-order valence-electron chi connectivity index (χ0n) is 17.6. The lowest BCUT2D eigenvalue weighted by molar-refractivity contribution is -0.384. The van der Waals surface area contributed by atoms with Crippen molar-refractivity contribution in [2.45, 2.75) is 13.5 Å². The van der Waals surface area contributed by atoms with Crippen molar-refractivity contribution in [2.75, 3.05) is 5.32 Å². The number of ether oxygens (including phenoxy) is 1. The van der Waals surface area contributed by atoms with Gasteiger partial charge in [-0.25, -0.2) is 0 Å². The number of hydrogen-bond acceptors (Lipinski definition) is 5. The maximum Gasteiger partial charge on any atom is 0.271 e. The second kappa shape index (κ2) is 11.0. The molecule has 3 aromatic rings. The molecule has 0 heterocycles. The third-order valence-electron chi connectivity index (χ3n) is 4.67. The lowest BCUT2D eigenvalue weighted by Crippen LogP contribution is -2.14. The number of anilines is 1. The van der Waals surface area contributed by atoms with E-state index in [0.29, 0.717) is 16.1 Å². The van der Waals surface area contributed by atoms with Crippen LogP contribution in [0.15, 0.2) is 60.2 Å². The molecule has 172 valence electrons. The molecular weight excluding hydrogens is 501 g/mol. The number of nitro groups is 1. The van der Waals surface area contributed by atoms with E-state index in [2.05, 4.69) is 5.32 Å². The van der Waals surface area contributed by atoms with Gasteiger partial charge in [0, 0.05) is 17.2 Å². The first-order valence-electron chi connectivity index (χ1n) is 9.72. The number of nitrogens with one attached hydrogen (secondary N) is 1. The lowest BCUT2D eigenvalue weighted by Gasteiger charge is -2.11. The van der Waals surface area contributed by atoms with Gasteiger partial charge in [-0.2, -0.15) is 5.26 Å². The Kier molecular flexibility index (Phi) is 8.13. The first-order chi connectivity index (χ1) is 16.2. The van der Waals surface area contributed by atoms with Crippen molar-refractivity contribution in [1.29, 1.82) is 5.26 Å². The number of nitro benzene ring substituents is 1. The lowest BCUT2D eigenvalue weighted by atomic mass is 10.1. The van der Waals surface area contributed by atoms with Crippen LogP contribution in [0.25, 0.3) is 6.08 Å². The molecule has 0 aliphatic carbocycles. The number of nitriles is 1. The van der Waals surface area contributed by atoms with E-state index in [1.165, 1.54) is 36.4 Å². The largest absolute Gasteiger partial charge is 0.486 e. The fraction of sp³-hybridized carbons (Fsp3) is 0.0833. The Hall–Kier alpha value is -3.57. The molecule has 0 radical (unpaired) electrons. The van der Waals surface area contributed by atoms with Crippen molar-refractivity contribution in [3.05, 3.63) is 102 Å². The van der Waals surface area contributed by atoms with Crippen LogP contribution < -0.4 is 10.1 Å². The van der Waals surface area contributed by atoms with Gasteiger partial charge in [0.2, 0.25) is 0 Å². The van der Waals surface area contributed by atoms with Gasteiger partial charge in [0.15, 0.2) is 5.75 Å². The Morgan fingerprint density at radius 3 is 2.35 bits per heavy atom. The molecule has 0 aliphatic rings. The summed E-state index contributed by atoms with van der Waals surface area (Å²) in [6.45, 7) is 1.89. The van der Waals surface area contributed by atoms with Crippen LogP contribution in [0.2, 0.25) is 15.1 Å². The number of non-ortho nitro benzene ring substituents is 1. The number of carbonyl (C=O) groups is 1. The second-order valence-corrected chi connectivity index (χ2v) is 8.36. The molecule has 0 aliphatic heterocycles. The van der Waals surface area contributed by atoms with Crippen LogP contribution in [0.4, 0.5) is 11.4 Å². The Morgan fingerprint density at radius 1 is 1.12 bits per heavy atom. The summed E-state index contributed by atoms with van der Waals surface area (Å²) in [5.74, 6) is -0.480. The van der Waals surface area contributed by atoms with Crippen LogP contribution in [0, 0.1) is 28.4 Å². The van der Waals surface area contributed by atoms with Crippen molar-refractivity contribution in [3.8, 4) is 11.8 Å². The van der Waals surface area contributed by atoms with Crippen molar-refractivity contribution in [2.24, 2.45) is 0 Å². The van der Waals surface area contributed by atoms with E-state index < -0.39 is 10.8 Å². The van der Waals surface area contributed by atoms with Gasteiger partial charge >= 0.3 is 0 Å². The fourth-order valence-electron chi connectivity index (χ4n) is 2.90. The topological polar surface area (TPSA) is 105 Å². The van der Waals surface area contributed by atoms with Crippen LogP contribution >= 0.6 is 34.8 Å². The number of benzene rings is 3. The summed E-state index contributed by atoms with van der Waals surface area (Å²) in [4.78, 5) is 23.1. The highest BCUT2D eigenvalue weighted by Crippen LogP contribution is 2.35. The van der Waals surface area contributed by atoms with Crippen LogP contribution in [-0.4, -0.2) is 10.8 Å². The van der Waals surface area contributed by atoms with Crippen LogP contribution in [0.5, 0.6) is 5.75 Å². The molecule has 10 heteroatoms. The summed E-state index contributed by atoms with van der Waals surface area (Å²) >= 11 is 18.5. The number of amides is 1.